The van der Waals surface area contributed by atoms with Crippen LogP contribution in [0.3, 0.4) is 0 Å². The van der Waals surface area contributed by atoms with Crippen molar-refractivity contribution in [1.29, 1.82) is 0 Å². The van der Waals surface area contributed by atoms with Crippen molar-refractivity contribution >= 4 is 23.1 Å². The van der Waals surface area contributed by atoms with Crippen LogP contribution < -0.4 is 5.73 Å². The molecule has 0 aliphatic heterocycles. The predicted molar refractivity (Wildman–Crippen MR) is 68.7 cm³/mol. The van der Waals surface area contributed by atoms with Crippen LogP contribution >= 0.6 is 23.1 Å². The maximum absolute atomic E-state index is 5.80. The summed E-state index contributed by atoms with van der Waals surface area (Å²) in [5.74, 6) is 0. The van der Waals surface area contributed by atoms with E-state index in [1.807, 2.05) is 25.1 Å². The van der Waals surface area contributed by atoms with E-state index in [9.17, 15) is 0 Å². The van der Waals surface area contributed by atoms with Gasteiger partial charge in [-0.25, -0.2) is 0 Å². The second kappa shape index (κ2) is 5.43. The van der Waals surface area contributed by atoms with Crippen LogP contribution in [0.15, 0.2) is 34.7 Å². The molecule has 16 heavy (non-hydrogen) atoms. The highest BCUT2D eigenvalue weighted by Crippen LogP contribution is 2.35. The summed E-state index contributed by atoms with van der Waals surface area (Å²) in [6.07, 6.45) is 0. The van der Waals surface area contributed by atoms with E-state index in [0.717, 1.165) is 9.35 Å². The smallest absolute Gasteiger partial charge is 0.174 e. The summed E-state index contributed by atoms with van der Waals surface area (Å²) < 4.78 is 0.983. The van der Waals surface area contributed by atoms with Gasteiger partial charge in [-0.1, -0.05) is 53.4 Å². The summed E-state index contributed by atoms with van der Waals surface area (Å²) in [6, 6.07) is 10.3. The molecule has 2 aromatic rings. The van der Waals surface area contributed by atoms with Crippen molar-refractivity contribution in [2.24, 2.45) is 5.73 Å². The number of nitrogens with zero attached hydrogens (tertiary/aromatic N) is 2. The lowest BCUT2D eigenvalue weighted by Gasteiger charge is -2.12. The third-order valence-corrected chi connectivity index (χ3v) is 4.34. The van der Waals surface area contributed by atoms with Crippen LogP contribution in [0.2, 0.25) is 0 Å². The van der Waals surface area contributed by atoms with E-state index in [-0.39, 0.29) is 5.25 Å². The van der Waals surface area contributed by atoms with Crippen molar-refractivity contribution in [2.75, 3.05) is 6.54 Å². The Kier molecular flexibility index (Phi) is 3.93. The lowest BCUT2D eigenvalue weighted by Crippen LogP contribution is -2.08. The zero-order chi connectivity index (χ0) is 11.4. The second-order valence-corrected chi connectivity index (χ2v) is 5.97. The highest BCUT2D eigenvalue weighted by molar-refractivity contribution is 8.01. The van der Waals surface area contributed by atoms with E-state index in [4.69, 9.17) is 5.73 Å². The van der Waals surface area contributed by atoms with Gasteiger partial charge in [0.05, 0.1) is 0 Å². The van der Waals surface area contributed by atoms with Crippen molar-refractivity contribution in [3.05, 3.63) is 40.9 Å². The number of aryl methyl sites for hydroxylation is 1. The van der Waals surface area contributed by atoms with E-state index in [1.165, 1.54) is 5.56 Å². The van der Waals surface area contributed by atoms with Crippen molar-refractivity contribution in [2.45, 2.75) is 16.5 Å². The Labute approximate surface area is 103 Å². The first-order chi connectivity index (χ1) is 7.79. The molecule has 84 valence electrons. The topological polar surface area (TPSA) is 51.8 Å². The van der Waals surface area contributed by atoms with Crippen molar-refractivity contribution in [1.82, 2.24) is 10.2 Å². The molecule has 1 aromatic carbocycles. The average Bonchev–Trinajstić information content (AvgIpc) is 2.73. The van der Waals surface area contributed by atoms with Crippen molar-refractivity contribution in [3.63, 3.8) is 0 Å². The zero-order valence-electron chi connectivity index (χ0n) is 8.96. The number of hydrogen-bond acceptors (Lipinski definition) is 5. The van der Waals surface area contributed by atoms with Gasteiger partial charge in [0.15, 0.2) is 4.34 Å². The Morgan fingerprint density at radius 2 is 2.06 bits per heavy atom. The van der Waals surface area contributed by atoms with Crippen LogP contribution in [0.25, 0.3) is 0 Å². The number of thioether (sulfide) groups is 1. The Morgan fingerprint density at radius 3 is 2.62 bits per heavy atom. The van der Waals surface area contributed by atoms with E-state index in [1.54, 1.807) is 23.1 Å². The monoisotopic (exact) mass is 251 g/mol. The molecule has 0 spiro atoms. The maximum Gasteiger partial charge on any atom is 0.174 e. The number of hydrogen-bond donors (Lipinski definition) is 1. The molecule has 1 unspecified atom stereocenters. The molecule has 0 radical (unpaired) electrons. The third-order valence-electron chi connectivity index (χ3n) is 2.14. The number of aromatic nitrogens is 2. The minimum Gasteiger partial charge on any atom is -0.329 e. The van der Waals surface area contributed by atoms with Gasteiger partial charge in [-0.3, -0.25) is 0 Å². The molecule has 0 saturated heterocycles. The van der Waals surface area contributed by atoms with Gasteiger partial charge in [-0.15, -0.1) is 10.2 Å². The van der Waals surface area contributed by atoms with Gasteiger partial charge in [0, 0.05) is 11.8 Å². The fourth-order valence-electron chi connectivity index (χ4n) is 1.37. The van der Waals surface area contributed by atoms with E-state index < -0.39 is 0 Å². The summed E-state index contributed by atoms with van der Waals surface area (Å²) in [5, 5.41) is 9.36. The standard InChI is InChI=1S/C11H13N3S2/c1-8-13-14-11(15-8)16-10(7-12)9-5-3-2-4-6-9/h2-6,10H,7,12H2,1H3. The van der Waals surface area contributed by atoms with Gasteiger partial charge in [0.2, 0.25) is 0 Å². The van der Waals surface area contributed by atoms with Crippen LogP contribution in [0, 0.1) is 6.92 Å². The lowest BCUT2D eigenvalue weighted by molar-refractivity contribution is 0.928. The van der Waals surface area contributed by atoms with Gasteiger partial charge in [0.25, 0.3) is 0 Å². The summed E-state index contributed by atoms with van der Waals surface area (Å²) in [5.41, 5.74) is 7.03. The molecule has 0 amide bonds. The van der Waals surface area contributed by atoms with E-state index >= 15 is 0 Å². The molecular weight excluding hydrogens is 238 g/mol. The van der Waals surface area contributed by atoms with E-state index in [2.05, 4.69) is 22.3 Å². The highest BCUT2D eigenvalue weighted by Gasteiger charge is 2.13. The molecule has 0 bridgehead atoms. The zero-order valence-corrected chi connectivity index (χ0v) is 10.6. The molecule has 0 aliphatic carbocycles. The molecular formula is C11H13N3S2. The average molecular weight is 251 g/mol. The van der Waals surface area contributed by atoms with Crippen molar-refractivity contribution in [3.8, 4) is 0 Å². The minimum absolute atomic E-state index is 0.258. The van der Waals surface area contributed by atoms with Gasteiger partial charge < -0.3 is 5.73 Å². The Bertz CT molecular complexity index is 442. The molecule has 0 saturated carbocycles. The first-order valence-electron chi connectivity index (χ1n) is 5.01. The fraction of sp³-hybridized carbons (Fsp3) is 0.273. The molecule has 1 atom stereocenters. The van der Waals surface area contributed by atoms with Gasteiger partial charge >= 0.3 is 0 Å². The van der Waals surface area contributed by atoms with Crippen LogP contribution in [-0.2, 0) is 0 Å². The summed E-state index contributed by atoms with van der Waals surface area (Å²) >= 11 is 3.29. The highest BCUT2D eigenvalue weighted by atomic mass is 32.2. The fourth-order valence-corrected chi connectivity index (χ4v) is 3.41. The number of nitrogens with two attached hydrogens (primary N) is 1. The molecule has 0 fully saturated rings. The second-order valence-electron chi connectivity index (χ2n) is 3.34. The molecule has 1 heterocycles. The molecule has 5 heteroatoms. The number of benzene rings is 1. The predicted octanol–water partition coefficient (Wildman–Crippen LogP) is 2.64. The normalized spacial score (nSPS) is 12.6. The SMILES string of the molecule is Cc1nnc(SC(CN)c2ccccc2)s1. The quantitative estimate of drug-likeness (QED) is 0.849. The lowest BCUT2D eigenvalue weighted by atomic mass is 10.1. The largest absolute Gasteiger partial charge is 0.329 e. The summed E-state index contributed by atoms with van der Waals surface area (Å²) in [6.45, 7) is 2.56. The van der Waals surface area contributed by atoms with Gasteiger partial charge in [-0.2, -0.15) is 0 Å². The molecule has 0 aliphatic rings. The van der Waals surface area contributed by atoms with E-state index in [0.29, 0.717) is 6.54 Å². The Balaban J connectivity index is 2.12. The van der Waals surface area contributed by atoms with Gasteiger partial charge in [0.1, 0.15) is 5.01 Å². The van der Waals surface area contributed by atoms with Crippen LogP contribution in [0.5, 0.6) is 0 Å². The maximum atomic E-state index is 5.80. The Morgan fingerprint density at radius 1 is 1.31 bits per heavy atom. The van der Waals surface area contributed by atoms with Crippen LogP contribution in [0.4, 0.5) is 0 Å². The van der Waals surface area contributed by atoms with Crippen LogP contribution in [0.1, 0.15) is 15.8 Å². The summed E-state index contributed by atoms with van der Waals surface area (Å²) in [4.78, 5) is 0. The molecule has 1 aromatic heterocycles. The number of rotatable bonds is 4. The van der Waals surface area contributed by atoms with Crippen molar-refractivity contribution < 1.29 is 0 Å². The molecule has 2 rings (SSSR count). The molecule has 2 N–H and O–H groups in total. The first-order valence-corrected chi connectivity index (χ1v) is 6.71. The van der Waals surface area contributed by atoms with Gasteiger partial charge in [-0.05, 0) is 12.5 Å². The molecule has 3 nitrogen and oxygen atoms in total. The Hall–Kier alpha value is -0.910. The third kappa shape index (κ3) is 2.81. The minimum atomic E-state index is 0.258. The first kappa shape index (κ1) is 11.6. The summed E-state index contributed by atoms with van der Waals surface area (Å²) in [7, 11) is 0. The van der Waals surface area contributed by atoms with Crippen LogP contribution in [-0.4, -0.2) is 16.7 Å².